The van der Waals surface area contributed by atoms with Crippen molar-refractivity contribution >= 4 is 11.6 Å². The van der Waals surface area contributed by atoms with Gasteiger partial charge in [-0.05, 0) is 23.6 Å². The van der Waals surface area contributed by atoms with Crippen LogP contribution in [0.2, 0.25) is 5.02 Å². The van der Waals surface area contributed by atoms with Crippen LogP contribution in [0.15, 0.2) is 12.1 Å². The summed E-state index contributed by atoms with van der Waals surface area (Å²) in [4.78, 5) is 0. The van der Waals surface area contributed by atoms with E-state index in [1.54, 1.807) is 14.2 Å². The van der Waals surface area contributed by atoms with Crippen LogP contribution in [0.5, 0.6) is 11.5 Å². The molecular weight excluding hydrogens is 200 g/mol. The molecule has 0 heterocycles. The van der Waals surface area contributed by atoms with Crippen LogP contribution in [0, 0.1) is 0 Å². The highest BCUT2D eigenvalue weighted by Gasteiger charge is 2.11. The van der Waals surface area contributed by atoms with Crippen LogP contribution in [0.25, 0.3) is 0 Å². The first-order valence-corrected chi connectivity index (χ1v) is 4.89. The summed E-state index contributed by atoms with van der Waals surface area (Å²) >= 11 is 6.04. The lowest BCUT2D eigenvalue weighted by Crippen LogP contribution is -1.94. The maximum atomic E-state index is 6.04. The predicted molar refractivity (Wildman–Crippen MR) is 58.6 cm³/mol. The lowest BCUT2D eigenvalue weighted by Gasteiger charge is -2.12. The second-order valence-electron chi connectivity index (χ2n) is 3.39. The Labute approximate surface area is 89.8 Å². The van der Waals surface area contributed by atoms with Gasteiger partial charge in [0.15, 0.2) is 0 Å². The summed E-state index contributed by atoms with van der Waals surface area (Å²) in [6, 6.07) is 3.88. The Hall–Kier alpha value is -0.890. The highest BCUT2D eigenvalue weighted by Crippen LogP contribution is 2.37. The molecule has 1 aromatic rings. The summed E-state index contributed by atoms with van der Waals surface area (Å²) in [7, 11) is 3.20. The molecule has 0 N–H and O–H groups in total. The Kier molecular flexibility index (Phi) is 3.64. The summed E-state index contributed by atoms with van der Waals surface area (Å²) in [5, 5.41) is 0.527. The molecule has 0 aliphatic carbocycles. The molecule has 78 valence electrons. The molecule has 0 spiro atoms. The first kappa shape index (κ1) is 11.2. The largest absolute Gasteiger partial charge is 0.495 e. The molecular formula is C11H15ClO2. The van der Waals surface area contributed by atoms with Gasteiger partial charge < -0.3 is 9.47 Å². The summed E-state index contributed by atoms with van der Waals surface area (Å²) < 4.78 is 10.3. The van der Waals surface area contributed by atoms with Crippen LogP contribution in [-0.4, -0.2) is 14.2 Å². The predicted octanol–water partition coefficient (Wildman–Crippen LogP) is 3.48. The van der Waals surface area contributed by atoms with Crippen molar-refractivity contribution < 1.29 is 9.47 Å². The van der Waals surface area contributed by atoms with Gasteiger partial charge in [0.1, 0.15) is 16.5 Å². The van der Waals surface area contributed by atoms with Crippen molar-refractivity contribution in [2.45, 2.75) is 19.8 Å². The van der Waals surface area contributed by atoms with Gasteiger partial charge in [0.2, 0.25) is 0 Å². The first-order chi connectivity index (χ1) is 6.60. The van der Waals surface area contributed by atoms with E-state index in [0.29, 0.717) is 22.4 Å². The molecule has 14 heavy (non-hydrogen) atoms. The molecule has 0 bridgehead atoms. The Morgan fingerprint density at radius 3 is 1.79 bits per heavy atom. The van der Waals surface area contributed by atoms with E-state index < -0.39 is 0 Å². The molecule has 1 rings (SSSR count). The topological polar surface area (TPSA) is 18.5 Å². The van der Waals surface area contributed by atoms with Crippen LogP contribution in [0.3, 0.4) is 0 Å². The molecule has 3 heteroatoms. The van der Waals surface area contributed by atoms with Gasteiger partial charge >= 0.3 is 0 Å². The van der Waals surface area contributed by atoms with Crippen molar-refractivity contribution in [3.05, 3.63) is 22.7 Å². The summed E-state index contributed by atoms with van der Waals surface area (Å²) in [6.45, 7) is 4.23. The standard InChI is InChI=1S/C11H15ClO2/c1-7(2)8-5-9(13-3)11(12)10(6-8)14-4/h5-7H,1-4H3. The monoisotopic (exact) mass is 214 g/mol. The number of hydrogen-bond acceptors (Lipinski definition) is 2. The number of rotatable bonds is 3. The molecule has 1 aromatic carbocycles. The van der Waals surface area contributed by atoms with E-state index in [-0.39, 0.29) is 0 Å². The maximum Gasteiger partial charge on any atom is 0.141 e. The van der Waals surface area contributed by atoms with Crippen molar-refractivity contribution in [1.82, 2.24) is 0 Å². The lowest BCUT2D eigenvalue weighted by atomic mass is 10.0. The van der Waals surface area contributed by atoms with E-state index in [0.717, 1.165) is 5.56 Å². The number of hydrogen-bond donors (Lipinski definition) is 0. The minimum atomic E-state index is 0.426. The fraction of sp³-hybridized carbons (Fsp3) is 0.455. The number of halogens is 1. The molecule has 0 aliphatic heterocycles. The minimum Gasteiger partial charge on any atom is -0.495 e. The second kappa shape index (κ2) is 4.56. The van der Waals surface area contributed by atoms with Crippen molar-refractivity contribution in [3.63, 3.8) is 0 Å². The Balaban J connectivity index is 3.25. The fourth-order valence-corrected chi connectivity index (χ4v) is 1.49. The zero-order chi connectivity index (χ0) is 10.7. The average molecular weight is 215 g/mol. The van der Waals surface area contributed by atoms with Crippen LogP contribution < -0.4 is 9.47 Å². The molecule has 0 aliphatic rings. The fourth-order valence-electron chi connectivity index (χ4n) is 1.22. The SMILES string of the molecule is COc1cc(C(C)C)cc(OC)c1Cl. The van der Waals surface area contributed by atoms with E-state index in [4.69, 9.17) is 21.1 Å². The third kappa shape index (κ3) is 2.13. The van der Waals surface area contributed by atoms with Crippen molar-refractivity contribution in [1.29, 1.82) is 0 Å². The van der Waals surface area contributed by atoms with E-state index >= 15 is 0 Å². The quantitative estimate of drug-likeness (QED) is 0.767. The average Bonchev–Trinajstić information content (AvgIpc) is 2.17. The molecule has 0 saturated carbocycles. The van der Waals surface area contributed by atoms with Crippen molar-refractivity contribution in [2.24, 2.45) is 0 Å². The second-order valence-corrected chi connectivity index (χ2v) is 3.77. The summed E-state index contributed by atoms with van der Waals surface area (Å²) in [5.74, 6) is 1.75. The van der Waals surface area contributed by atoms with Crippen molar-refractivity contribution in [2.75, 3.05) is 14.2 Å². The van der Waals surface area contributed by atoms with Gasteiger partial charge in [-0.2, -0.15) is 0 Å². The molecule has 0 amide bonds. The molecule has 0 aromatic heterocycles. The van der Waals surface area contributed by atoms with Gasteiger partial charge in [-0.15, -0.1) is 0 Å². The van der Waals surface area contributed by atoms with Gasteiger partial charge in [-0.25, -0.2) is 0 Å². The highest BCUT2D eigenvalue weighted by atomic mass is 35.5. The zero-order valence-electron chi connectivity index (χ0n) is 8.93. The van der Waals surface area contributed by atoms with E-state index in [2.05, 4.69) is 13.8 Å². The number of methoxy groups -OCH3 is 2. The molecule has 0 radical (unpaired) electrons. The Morgan fingerprint density at radius 1 is 1.07 bits per heavy atom. The smallest absolute Gasteiger partial charge is 0.141 e. The minimum absolute atomic E-state index is 0.426. The summed E-state index contributed by atoms with van der Waals surface area (Å²) in [5.41, 5.74) is 1.16. The van der Waals surface area contributed by atoms with Crippen molar-refractivity contribution in [3.8, 4) is 11.5 Å². The van der Waals surface area contributed by atoms with Gasteiger partial charge in [-0.3, -0.25) is 0 Å². The normalized spacial score (nSPS) is 10.4. The third-order valence-corrected chi connectivity index (χ3v) is 2.51. The Bertz CT molecular complexity index is 296. The first-order valence-electron chi connectivity index (χ1n) is 4.51. The van der Waals surface area contributed by atoms with E-state index in [1.165, 1.54) is 0 Å². The maximum absolute atomic E-state index is 6.04. The lowest BCUT2D eigenvalue weighted by molar-refractivity contribution is 0.393. The van der Waals surface area contributed by atoms with Gasteiger partial charge in [0.25, 0.3) is 0 Å². The number of benzene rings is 1. The zero-order valence-corrected chi connectivity index (χ0v) is 9.68. The van der Waals surface area contributed by atoms with Gasteiger partial charge in [0, 0.05) is 0 Å². The van der Waals surface area contributed by atoms with Crippen LogP contribution in [0.1, 0.15) is 25.3 Å². The van der Waals surface area contributed by atoms with Crippen LogP contribution in [0.4, 0.5) is 0 Å². The van der Waals surface area contributed by atoms with Crippen LogP contribution >= 0.6 is 11.6 Å². The van der Waals surface area contributed by atoms with Gasteiger partial charge in [-0.1, -0.05) is 25.4 Å². The Morgan fingerprint density at radius 2 is 1.50 bits per heavy atom. The third-order valence-electron chi connectivity index (χ3n) is 2.13. The molecule has 0 atom stereocenters. The molecule has 0 unspecified atom stereocenters. The van der Waals surface area contributed by atoms with Crippen LogP contribution in [-0.2, 0) is 0 Å². The molecule has 0 fully saturated rings. The number of ether oxygens (including phenoxy) is 2. The van der Waals surface area contributed by atoms with Gasteiger partial charge in [0.05, 0.1) is 14.2 Å². The molecule has 0 saturated heterocycles. The van der Waals surface area contributed by atoms with E-state index in [1.807, 2.05) is 12.1 Å². The highest BCUT2D eigenvalue weighted by molar-refractivity contribution is 6.33. The van der Waals surface area contributed by atoms with E-state index in [9.17, 15) is 0 Å². The summed E-state index contributed by atoms with van der Waals surface area (Å²) in [6.07, 6.45) is 0. The molecule has 2 nitrogen and oxygen atoms in total.